The molecule has 0 bridgehead atoms. The smallest absolute Gasteiger partial charge is 0.182 e. The minimum absolute atomic E-state index is 0.207. The maximum atomic E-state index is 6.37. The van der Waals surface area contributed by atoms with Crippen molar-refractivity contribution in [2.24, 2.45) is 11.3 Å². The summed E-state index contributed by atoms with van der Waals surface area (Å²) in [6.07, 6.45) is 6.30. The summed E-state index contributed by atoms with van der Waals surface area (Å²) in [6.45, 7) is 19.2. The number of ether oxygens (including phenoxy) is 2. The van der Waals surface area contributed by atoms with Gasteiger partial charge in [0.2, 0.25) is 0 Å². The first kappa shape index (κ1) is 21.1. The lowest BCUT2D eigenvalue weighted by atomic mass is 9.72. The largest absolute Gasteiger partial charge is 0.490 e. The number of benzene rings is 1. The van der Waals surface area contributed by atoms with Crippen molar-refractivity contribution in [2.45, 2.75) is 91.9 Å². The monoisotopic (exact) mass is 385 g/mol. The fourth-order valence-electron chi connectivity index (χ4n) is 4.47. The van der Waals surface area contributed by atoms with Crippen LogP contribution in [-0.2, 0) is 17.7 Å². The van der Waals surface area contributed by atoms with Gasteiger partial charge >= 0.3 is 0 Å². The van der Waals surface area contributed by atoms with Crippen molar-refractivity contribution in [3.8, 4) is 5.75 Å². The molecule has 28 heavy (non-hydrogen) atoms. The van der Waals surface area contributed by atoms with E-state index < -0.39 is 0 Å². The Hall–Kier alpha value is -1.64. The van der Waals surface area contributed by atoms with Crippen molar-refractivity contribution in [2.75, 3.05) is 6.54 Å². The average molecular weight is 386 g/mol. The highest BCUT2D eigenvalue weighted by Crippen LogP contribution is 2.39. The molecule has 1 aliphatic carbocycles. The fourth-order valence-corrected chi connectivity index (χ4v) is 4.47. The minimum Gasteiger partial charge on any atom is -0.490 e. The molecule has 0 radical (unpaired) electrons. The Bertz CT molecular complexity index is 687. The Morgan fingerprint density at radius 2 is 1.68 bits per heavy atom. The third-order valence-electron chi connectivity index (χ3n) is 6.17. The van der Waals surface area contributed by atoms with Crippen molar-refractivity contribution < 1.29 is 9.47 Å². The van der Waals surface area contributed by atoms with Gasteiger partial charge in [-0.2, -0.15) is 0 Å². The average Bonchev–Trinajstić information content (AvgIpc) is 2.59. The molecule has 1 aliphatic heterocycles. The molecule has 2 aliphatic rings. The zero-order chi connectivity index (χ0) is 20.5. The second-order valence-electron chi connectivity index (χ2n) is 10.7. The Morgan fingerprint density at radius 1 is 1.00 bits per heavy atom. The highest BCUT2D eigenvalue weighted by atomic mass is 16.5. The van der Waals surface area contributed by atoms with E-state index in [4.69, 9.17) is 9.47 Å². The van der Waals surface area contributed by atoms with Crippen LogP contribution in [0, 0.1) is 11.3 Å². The number of nitrogens with zero attached hydrogens (tertiary/aromatic N) is 1. The quantitative estimate of drug-likeness (QED) is 0.567. The van der Waals surface area contributed by atoms with Crippen LogP contribution in [0.4, 0.5) is 0 Å². The van der Waals surface area contributed by atoms with E-state index >= 15 is 0 Å². The van der Waals surface area contributed by atoms with E-state index in [1.165, 1.54) is 36.8 Å². The van der Waals surface area contributed by atoms with Crippen molar-refractivity contribution in [3.63, 3.8) is 0 Å². The van der Waals surface area contributed by atoms with Gasteiger partial charge in [-0.1, -0.05) is 26.8 Å². The summed E-state index contributed by atoms with van der Waals surface area (Å²) in [7, 11) is 0. The molecule has 0 saturated heterocycles. The molecule has 1 aromatic carbocycles. The first-order valence-electron chi connectivity index (χ1n) is 10.9. The number of fused-ring (bicyclic) bond motifs is 1. The van der Waals surface area contributed by atoms with Crippen LogP contribution in [0.1, 0.15) is 78.4 Å². The van der Waals surface area contributed by atoms with Gasteiger partial charge in [0.15, 0.2) is 5.88 Å². The number of hydrogen-bond acceptors (Lipinski definition) is 3. The zero-order valence-electron chi connectivity index (χ0n) is 18.8. The Morgan fingerprint density at radius 3 is 2.29 bits per heavy atom. The fraction of sp³-hybridized carbons (Fsp3) is 0.680. The number of rotatable bonds is 4. The summed E-state index contributed by atoms with van der Waals surface area (Å²) < 4.78 is 12.3. The Labute approximate surface area is 172 Å². The van der Waals surface area contributed by atoms with Gasteiger partial charge in [-0.05, 0) is 94.0 Å². The molecule has 0 N–H and O–H groups in total. The van der Waals surface area contributed by atoms with Gasteiger partial charge in [0.1, 0.15) is 11.4 Å². The lowest BCUT2D eigenvalue weighted by molar-refractivity contribution is -0.000697. The van der Waals surface area contributed by atoms with Gasteiger partial charge in [0.05, 0.1) is 6.10 Å². The lowest BCUT2D eigenvalue weighted by Gasteiger charge is -2.37. The zero-order valence-corrected chi connectivity index (χ0v) is 18.8. The normalized spacial score (nSPS) is 23.1. The molecule has 3 rings (SSSR count). The highest BCUT2D eigenvalue weighted by molar-refractivity contribution is 5.37. The van der Waals surface area contributed by atoms with Crippen LogP contribution < -0.4 is 4.74 Å². The molecule has 1 fully saturated rings. The van der Waals surface area contributed by atoms with Crippen molar-refractivity contribution in [1.82, 2.24) is 4.90 Å². The molecule has 3 nitrogen and oxygen atoms in total. The van der Waals surface area contributed by atoms with E-state index in [0.29, 0.717) is 11.5 Å². The summed E-state index contributed by atoms with van der Waals surface area (Å²) in [5, 5.41) is 0. The van der Waals surface area contributed by atoms with Gasteiger partial charge < -0.3 is 14.4 Å². The minimum atomic E-state index is -0.207. The molecule has 0 unspecified atom stereocenters. The number of hydrogen-bond donors (Lipinski definition) is 0. The summed E-state index contributed by atoms with van der Waals surface area (Å²) in [6, 6.07) is 6.63. The van der Waals surface area contributed by atoms with Gasteiger partial charge in [0.25, 0.3) is 0 Å². The van der Waals surface area contributed by atoms with E-state index in [0.717, 1.165) is 37.1 Å². The molecule has 0 spiro atoms. The first-order chi connectivity index (χ1) is 13.0. The predicted octanol–water partition coefficient (Wildman–Crippen LogP) is 6.31. The third-order valence-corrected chi connectivity index (χ3v) is 6.17. The van der Waals surface area contributed by atoms with Gasteiger partial charge in [-0.15, -0.1) is 0 Å². The maximum Gasteiger partial charge on any atom is 0.182 e. The standard InChI is InChI=1S/C25H39NO2/c1-18(28-25(5,6)7)26-15-14-19-16-23(11-8-20(19)17-26)27-22-12-9-21(10-13-22)24(2,3)4/h8,11,16,21-22H,1,9-10,12-15,17H2,2-7H3. The predicted molar refractivity (Wildman–Crippen MR) is 116 cm³/mol. The maximum absolute atomic E-state index is 6.37. The Balaban J connectivity index is 1.56. The highest BCUT2D eigenvalue weighted by Gasteiger charge is 2.30. The van der Waals surface area contributed by atoms with Crippen LogP contribution in [0.5, 0.6) is 5.75 Å². The molecule has 0 aromatic heterocycles. The first-order valence-corrected chi connectivity index (χ1v) is 10.9. The molecule has 0 atom stereocenters. The van der Waals surface area contributed by atoms with Crippen LogP contribution in [0.15, 0.2) is 30.7 Å². The van der Waals surface area contributed by atoms with Crippen LogP contribution in [0.2, 0.25) is 0 Å². The molecule has 1 aromatic rings. The molecule has 156 valence electrons. The van der Waals surface area contributed by atoms with Gasteiger partial charge in [-0.3, -0.25) is 0 Å². The summed E-state index contributed by atoms with van der Waals surface area (Å²) in [5.74, 6) is 2.63. The van der Waals surface area contributed by atoms with Crippen LogP contribution in [0.25, 0.3) is 0 Å². The van der Waals surface area contributed by atoms with E-state index in [1.807, 2.05) is 0 Å². The van der Waals surface area contributed by atoms with Crippen molar-refractivity contribution in [3.05, 3.63) is 41.8 Å². The van der Waals surface area contributed by atoms with E-state index in [1.54, 1.807) is 0 Å². The van der Waals surface area contributed by atoms with Crippen molar-refractivity contribution in [1.29, 1.82) is 0 Å². The second kappa shape index (κ2) is 8.00. The summed E-state index contributed by atoms with van der Waals surface area (Å²) >= 11 is 0. The summed E-state index contributed by atoms with van der Waals surface area (Å²) in [5.41, 5.74) is 2.97. The van der Waals surface area contributed by atoms with Crippen LogP contribution in [-0.4, -0.2) is 23.1 Å². The topological polar surface area (TPSA) is 21.7 Å². The van der Waals surface area contributed by atoms with E-state index in [-0.39, 0.29) is 5.60 Å². The molecule has 1 heterocycles. The second-order valence-corrected chi connectivity index (χ2v) is 10.7. The van der Waals surface area contributed by atoms with E-state index in [2.05, 4.69) is 71.2 Å². The molecule has 1 saturated carbocycles. The van der Waals surface area contributed by atoms with E-state index in [9.17, 15) is 0 Å². The molecule has 3 heteroatoms. The molecule has 0 amide bonds. The van der Waals surface area contributed by atoms with Gasteiger partial charge in [-0.25, -0.2) is 0 Å². The van der Waals surface area contributed by atoms with Crippen molar-refractivity contribution >= 4 is 0 Å². The Kier molecular flexibility index (Phi) is 6.03. The van der Waals surface area contributed by atoms with Crippen LogP contribution in [0.3, 0.4) is 0 Å². The van der Waals surface area contributed by atoms with Gasteiger partial charge in [0, 0.05) is 13.1 Å². The lowest BCUT2D eigenvalue weighted by Crippen LogP contribution is -2.34. The molecular formula is C25H39NO2. The molecular weight excluding hydrogens is 346 g/mol. The van der Waals surface area contributed by atoms with Crippen LogP contribution >= 0.6 is 0 Å². The SMILES string of the molecule is C=C(OC(C)(C)C)N1CCc2cc(OC3CCC(C(C)(C)C)CC3)ccc2C1. The third kappa shape index (κ3) is 5.46. The summed E-state index contributed by atoms with van der Waals surface area (Å²) in [4.78, 5) is 2.24.